The lowest BCUT2D eigenvalue weighted by atomic mass is 10.1. The number of ketones is 1. The molecule has 0 amide bonds. The van der Waals surface area contributed by atoms with Gasteiger partial charge < -0.3 is 10.1 Å². The number of rotatable bonds is 6. The van der Waals surface area contributed by atoms with Crippen LogP contribution in [0.25, 0.3) is 0 Å². The van der Waals surface area contributed by atoms with Gasteiger partial charge in [-0.2, -0.15) is 0 Å². The molecular weight excluding hydrogens is 305 g/mol. The molecule has 0 heterocycles. The van der Waals surface area contributed by atoms with E-state index < -0.39 is 5.82 Å². The highest BCUT2D eigenvalue weighted by atomic mass is 35.5. The van der Waals surface area contributed by atoms with Gasteiger partial charge in [-0.15, -0.1) is 0 Å². The first-order valence-electron chi connectivity index (χ1n) is 6.75. The Labute approximate surface area is 133 Å². The molecule has 0 radical (unpaired) electrons. The number of anilines is 1. The van der Waals surface area contributed by atoms with Crippen molar-refractivity contribution in [3.63, 3.8) is 0 Å². The van der Waals surface area contributed by atoms with Crippen LogP contribution in [-0.4, -0.2) is 12.4 Å². The number of hydrogen-bond acceptors (Lipinski definition) is 3. The van der Waals surface area contributed by atoms with Crippen molar-refractivity contribution < 1.29 is 13.9 Å². The van der Waals surface area contributed by atoms with Gasteiger partial charge in [0.25, 0.3) is 0 Å². The van der Waals surface area contributed by atoms with Crippen LogP contribution < -0.4 is 10.1 Å². The average molecular weight is 320 g/mol. The second-order valence-electron chi connectivity index (χ2n) is 4.42. The smallest absolute Gasteiger partial charge is 0.187 e. The largest absolute Gasteiger partial charge is 0.494 e. The van der Waals surface area contributed by atoms with Crippen LogP contribution in [-0.2, 0) is 0 Å². The van der Waals surface area contributed by atoms with Crippen molar-refractivity contribution >= 4 is 23.1 Å². The third-order valence-electron chi connectivity index (χ3n) is 2.85. The fraction of sp³-hybridized carbons (Fsp3) is 0.118. The Hall–Kier alpha value is -2.33. The van der Waals surface area contributed by atoms with Crippen molar-refractivity contribution in [1.82, 2.24) is 0 Å². The number of carbonyl (C=O) groups is 1. The van der Waals surface area contributed by atoms with Crippen LogP contribution in [0.1, 0.15) is 17.3 Å². The van der Waals surface area contributed by atoms with Crippen LogP contribution in [0.5, 0.6) is 5.75 Å². The van der Waals surface area contributed by atoms with Gasteiger partial charge in [0.05, 0.1) is 17.3 Å². The van der Waals surface area contributed by atoms with Gasteiger partial charge in [0, 0.05) is 17.8 Å². The molecular formula is C17H15ClFNO2. The fourth-order valence-electron chi connectivity index (χ4n) is 1.79. The summed E-state index contributed by atoms with van der Waals surface area (Å²) < 4.78 is 18.4. The first-order chi connectivity index (χ1) is 10.6. The molecule has 5 heteroatoms. The van der Waals surface area contributed by atoms with Crippen LogP contribution in [0.15, 0.2) is 54.7 Å². The molecule has 0 aliphatic rings. The summed E-state index contributed by atoms with van der Waals surface area (Å²) >= 11 is 5.91. The fourth-order valence-corrected chi connectivity index (χ4v) is 1.97. The van der Waals surface area contributed by atoms with Gasteiger partial charge in [0.1, 0.15) is 11.6 Å². The molecule has 0 spiro atoms. The van der Waals surface area contributed by atoms with E-state index in [1.54, 1.807) is 24.3 Å². The van der Waals surface area contributed by atoms with E-state index in [0.29, 0.717) is 28.6 Å². The molecule has 0 unspecified atom stereocenters. The van der Waals surface area contributed by atoms with E-state index in [1.165, 1.54) is 30.5 Å². The van der Waals surface area contributed by atoms with E-state index in [1.807, 2.05) is 6.92 Å². The third-order valence-corrected chi connectivity index (χ3v) is 3.18. The molecule has 2 aromatic rings. The quantitative estimate of drug-likeness (QED) is 0.620. The normalized spacial score (nSPS) is 10.7. The molecule has 0 saturated heterocycles. The number of hydrogen-bond donors (Lipinski definition) is 1. The minimum absolute atomic E-state index is 0.178. The highest BCUT2D eigenvalue weighted by Gasteiger charge is 2.03. The molecule has 3 nitrogen and oxygen atoms in total. The molecule has 0 atom stereocenters. The van der Waals surface area contributed by atoms with Gasteiger partial charge >= 0.3 is 0 Å². The Bertz CT molecular complexity index is 684. The number of nitrogens with one attached hydrogen (secondary N) is 1. The minimum Gasteiger partial charge on any atom is -0.494 e. The van der Waals surface area contributed by atoms with Gasteiger partial charge in [-0.1, -0.05) is 11.6 Å². The molecule has 114 valence electrons. The van der Waals surface area contributed by atoms with E-state index in [-0.39, 0.29) is 5.78 Å². The molecule has 2 aromatic carbocycles. The highest BCUT2D eigenvalue weighted by molar-refractivity contribution is 6.33. The van der Waals surface area contributed by atoms with E-state index in [9.17, 15) is 9.18 Å². The van der Waals surface area contributed by atoms with Crippen LogP contribution in [0.2, 0.25) is 5.02 Å². The van der Waals surface area contributed by atoms with Gasteiger partial charge in [0.2, 0.25) is 0 Å². The maximum absolute atomic E-state index is 13.1. The average Bonchev–Trinajstić information content (AvgIpc) is 2.51. The number of carbonyl (C=O) groups excluding carboxylic acids is 1. The lowest BCUT2D eigenvalue weighted by Crippen LogP contribution is -1.97. The second kappa shape index (κ2) is 7.61. The van der Waals surface area contributed by atoms with Crippen LogP contribution in [0, 0.1) is 5.82 Å². The number of allylic oxidation sites excluding steroid dienone is 1. The van der Waals surface area contributed by atoms with Gasteiger partial charge in [-0.25, -0.2) is 4.39 Å². The van der Waals surface area contributed by atoms with E-state index in [0.717, 1.165) is 0 Å². The van der Waals surface area contributed by atoms with Crippen molar-refractivity contribution in [2.45, 2.75) is 6.92 Å². The van der Waals surface area contributed by atoms with E-state index in [4.69, 9.17) is 16.3 Å². The Morgan fingerprint density at radius 1 is 1.27 bits per heavy atom. The van der Waals surface area contributed by atoms with Crippen molar-refractivity contribution in [3.05, 3.63) is 71.1 Å². The van der Waals surface area contributed by atoms with Crippen molar-refractivity contribution in [1.29, 1.82) is 0 Å². The monoisotopic (exact) mass is 319 g/mol. The lowest BCUT2D eigenvalue weighted by Gasteiger charge is -2.04. The summed E-state index contributed by atoms with van der Waals surface area (Å²) in [7, 11) is 0. The zero-order valence-electron chi connectivity index (χ0n) is 12.0. The Morgan fingerprint density at radius 2 is 2.00 bits per heavy atom. The first-order valence-corrected chi connectivity index (χ1v) is 7.13. The number of benzene rings is 2. The lowest BCUT2D eigenvalue weighted by molar-refractivity contribution is 0.104. The summed E-state index contributed by atoms with van der Waals surface area (Å²) in [4.78, 5) is 12.0. The standard InChI is InChI=1S/C17H15ClFNO2/c1-2-22-14-6-3-12(4-7-14)17(21)9-10-20-16-11-13(19)5-8-15(16)18/h3-11,20H,2H2,1H3. The van der Waals surface area contributed by atoms with Crippen molar-refractivity contribution in [2.75, 3.05) is 11.9 Å². The molecule has 0 saturated carbocycles. The summed E-state index contributed by atoms with van der Waals surface area (Å²) in [6.45, 7) is 2.47. The summed E-state index contributed by atoms with van der Waals surface area (Å²) in [5.74, 6) is 0.133. The van der Waals surface area contributed by atoms with Crippen LogP contribution in [0.4, 0.5) is 10.1 Å². The summed E-state index contributed by atoms with van der Waals surface area (Å²) in [6, 6.07) is 10.8. The molecule has 2 rings (SSSR count). The number of ether oxygens (including phenoxy) is 1. The summed E-state index contributed by atoms with van der Waals surface area (Å²) in [6.07, 6.45) is 2.79. The van der Waals surface area contributed by atoms with Crippen molar-refractivity contribution in [2.24, 2.45) is 0 Å². The second-order valence-corrected chi connectivity index (χ2v) is 4.83. The summed E-state index contributed by atoms with van der Waals surface area (Å²) in [5.41, 5.74) is 0.934. The molecule has 0 fully saturated rings. The first kappa shape index (κ1) is 16.0. The Morgan fingerprint density at radius 3 is 2.68 bits per heavy atom. The predicted octanol–water partition coefficient (Wildman–Crippen LogP) is 4.69. The molecule has 22 heavy (non-hydrogen) atoms. The van der Waals surface area contributed by atoms with E-state index in [2.05, 4.69) is 5.32 Å². The van der Waals surface area contributed by atoms with Crippen LogP contribution in [0.3, 0.4) is 0 Å². The van der Waals surface area contributed by atoms with Gasteiger partial charge in [0.15, 0.2) is 5.78 Å². The maximum Gasteiger partial charge on any atom is 0.187 e. The molecule has 0 bridgehead atoms. The topological polar surface area (TPSA) is 38.3 Å². The molecule has 0 aliphatic carbocycles. The molecule has 0 aromatic heterocycles. The number of halogens is 2. The molecule has 0 aliphatic heterocycles. The Kier molecular flexibility index (Phi) is 5.55. The highest BCUT2D eigenvalue weighted by Crippen LogP contribution is 2.22. The minimum atomic E-state index is -0.405. The maximum atomic E-state index is 13.1. The van der Waals surface area contributed by atoms with Crippen molar-refractivity contribution in [3.8, 4) is 5.75 Å². The summed E-state index contributed by atoms with van der Waals surface area (Å²) in [5, 5.41) is 3.16. The van der Waals surface area contributed by atoms with Crippen LogP contribution >= 0.6 is 11.6 Å². The SMILES string of the molecule is CCOc1ccc(C(=O)C=CNc2cc(F)ccc2Cl)cc1. The van der Waals surface area contributed by atoms with Gasteiger partial charge in [-0.05, 0) is 49.4 Å². The van der Waals surface area contributed by atoms with Gasteiger partial charge in [-0.3, -0.25) is 4.79 Å². The third kappa shape index (κ3) is 4.33. The predicted molar refractivity (Wildman–Crippen MR) is 86.1 cm³/mol. The zero-order chi connectivity index (χ0) is 15.9. The zero-order valence-corrected chi connectivity index (χ0v) is 12.7. The molecule has 1 N–H and O–H groups in total. The van der Waals surface area contributed by atoms with E-state index >= 15 is 0 Å². The Balaban J connectivity index is 2.00.